The van der Waals surface area contributed by atoms with Crippen LogP contribution in [0.1, 0.15) is 36.5 Å². The molecule has 1 aliphatic rings. The van der Waals surface area contributed by atoms with Crippen LogP contribution in [0, 0.1) is 5.41 Å². The van der Waals surface area contributed by atoms with E-state index < -0.39 is 0 Å². The molecule has 0 bridgehead atoms. The molecule has 17 heavy (non-hydrogen) atoms. The number of hydrogen-bond donors (Lipinski definition) is 1. The summed E-state index contributed by atoms with van der Waals surface area (Å²) in [6.45, 7) is 3.89. The van der Waals surface area contributed by atoms with Gasteiger partial charge in [-0.1, -0.05) is 6.92 Å². The molecule has 1 N–H and O–H groups in total. The number of likely N-dealkylation sites (tertiary alicyclic amines) is 1. The summed E-state index contributed by atoms with van der Waals surface area (Å²) < 4.78 is 0. The van der Waals surface area contributed by atoms with E-state index in [2.05, 4.69) is 6.92 Å². The van der Waals surface area contributed by atoms with Gasteiger partial charge in [0, 0.05) is 25.1 Å². The summed E-state index contributed by atoms with van der Waals surface area (Å²) in [5.41, 5.74) is 0.841. The van der Waals surface area contributed by atoms with Gasteiger partial charge in [-0.15, -0.1) is 0 Å². The minimum absolute atomic E-state index is 0.0470. The molecule has 0 saturated carbocycles. The summed E-state index contributed by atoms with van der Waals surface area (Å²) in [5, 5.41) is 13.3. The van der Waals surface area contributed by atoms with Crippen molar-refractivity contribution in [2.24, 2.45) is 5.41 Å². The Hall–Kier alpha value is -0.870. The van der Waals surface area contributed by atoms with Gasteiger partial charge in [0.25, 0.3) is 5.91 Å². The summed E-state index contributed by atoms with van der Waals surface area (Å²) in [5.74, 6) is 0.133. The lowest BCUT2D eigenvalue weighted by molar-refractivity contribution is 0.0338. The number of carbonyl (C=O) groups excluding carboxylic acids is 1. The molecule has 3 nitrogen and oxygen atoms in total. The van der Waals surface area contributed by atoms with Crippen LogP contribution in [0.15, 0.2) is 16.8 Å². The van der Waals surface area contributed by atoms with Gasteiger partial charge in [0.2, 0.25) is 0 Å². The Morgan fingerprint density at radius 3 is 2.71 bits per heavy atom. The van der Waals surface area contributed by atoms with Crippen molar-refractivity contribution in [1.82, 2.24) is 4.90 Å². The van der Waals surface area contributed by atoms with Crippen molar-refractivity contribution < 1.29 is 9.90 Å². The average molecular weight is 253 g/mol. The molecule has 1 fully saturated rings. The Morgan fingerprint density at radius 1 is 1.53 bits per heavy atom. The largest absolute Gasteiger partial charge is 0.396 e. The number of aliphatic hydroxyl groups excluding tert-OH is 1. The fraction of sp³-hybridized carbons (Fsp3) is 0.615. The minimum Gasteiger partial charge on any atom is -0.396 e. The zero-order valence-corrected chi connectivity index (χ0v) is 11.0. The SMILES string of the molecule is CCC1(CO)CCN(C(=O)c2ccsc2)CC1. The number of aliphatic hydroxyl groups is 1. The molecule has 2 rings (SSSR count). The van der Waals surface area contributed by atoms with Crippen molar-refractivity contribution in [2.75, 3.05) is 19.7 Å². The zero-order chi connectivity index (χ0) is 12.3. The molecule has 0 aliphatic carbocycles. The Kier molecular flexibility index (Phi) is 3.84. The summed E-state index contributed by atoms with van der Waals surface area (Å²) in [7, 11) is 0. The van der Waals surface area contributed by atoms with Gasteiger partial charge in [-0.3, -0.25) is 4.79 Å². The predicted molar refractivity (Wildman–Crippen MR) is 69.3 cm³/mol. The van der Waals surface area contributed by atoms with E-state index in [1.165, 1.54) is 0 Å². The quantitative estimate of drug-likeness (QED) is 0.898. The molecule has 0 unspecified atom stereocenters. The normalized spacial score (nSPS) is 19.3. The number of hydrogen-bond acceptors (Lipinski definition) is 3. The molecule has 0 atom stereocenters. The molecule has 2 heterocycles. The van der Waals surface area contributed by atoms with Crippen LogP contribution in [0.4, 0.5) is 0 Å². The number of rotatable bonds is 3. The lowest BCUT2D eigenvalue weighted by atomic mass is 9.77. The summed E-state index contributed by atoms with van der Waals surface area (Å²) in [6, 6.07) is 1.88. The van der Waals surface area contributed by atoms with Crippen LogP contribution in [0.2, 0.25) is 0 Å². The number of piperidine rings is 1. The zero-order valence-electron chi connectivity index (χ0n) is 10.2. The maximum atomic E-state index is 12.1. The Bertz CT molecular complexity index is 361. The fourth-order valence-corrected chi connectivity index (χ4v) is 3.01. The first-order valence-corrected chi connectivity index (χ1v) is 7.07. The van der Waals surface area contributed by atoms with Crippen LogP contribution in [-0.2, 0) is 0 Å². The Labute approximate surface area is 106 Å². The van der Waals surface area contributed by atoms with Gasteiger partial charge in [-0.05, 0) is 36.1 Å². The third-order valence-corrected chi connectivity index (χ3v) is 4.65. The number of amides is 1. The van der Waals surface area contributed by atoms with Gasteiger partial charge in [0.1, 0.15) is 0 Å². The van der Waals surface area contributed by atoms with Gasteiger partial charge >= 0.3 is 0 Å². The number of carbonyl (C=O) groups is 1. The van der Waals surface area contributed by atoms with E-state index in [1.54, 1.807) is 11.3 Å². The maximum absolute atomic E-state index is 12.1. The van der Waals surface area contributed by atoms with Crippen molar-refractivity contribution in [3.8, 4) is 0 Å². The van der Waals surface area contributed by atoms with E-state index in [0.717, 1.165) is 37.9 Å². The molecule has 0 aromatic carbocycles. The lowest BCUT2D eigenvalue weighted by Crippen LogP contribution is -2.44. The molecule has 0 spiro atoms. The molecule has 1 aromatic heterocycles. The molecule has 94 valence electrons. The maximum Gasteiger partial charge on any atom is 0.254 e. The highest BCUT2D eigenvalue weighted by Crippen LogP contribution is 2.34. The number of nitrogens with zero attached hydrogens (tertiary/aromatic N) is 1. The van der Waals surface area contributed by atoms with E-state index in [9.17, 15) is 9.90 Å². The van der Waals surface area contributed by atoms with Gasteiger partial charge in [-0.2, -0.15) is 11.3 Å². The molecule has 1 aromatic rings. The second kappa shape index (κ2) is 5.19. The Morgan fingerprint density at radius 2 is 2.24 bits per heavy atom. The average Bonchev–Trinajstić information content (AvgIpc) is 2.92. The second-order valence-corrected chi connectivity index (χ2v) is 5.60. The molecule has 4 heteroatoms. The molecular formula is C13H19NO2S. The van der Waals surface area contributed by atoms with E-state index in [0.29, 0.717) is 0 Å². The van der Waals surface area contributed by atoms with E-state index in [1.807, 2.05) is 21.7 Å². The first kappa shape index (κ1) is 12.6. The summed E-state index contributed by atoms with van der Waals surface area (Å²) in [4.78, 5) is 14.0. The fourth-order valence-electron chi connectivity index (χ4n) is 2.38. The van der Waals surface area contributed by atoms with Gasteiger partial charge < -0.3 is 10.0 Å². The molecule has 1 amide bonds. The van der Waals surface area contributed by atoms with E-state index >= 15 is 0 Å². The van der Waals surface area contributed by atoms with Crippen LogP contribution >= 0.6 is 11.3 Å². The highest BCUT2D eigenvalue weighted by atomic mass is 32.1. The third-order valence-electron chi connectivity index (χ3n) is 3.96. The van der Waals surface area contributed by atoms with Gasteiger partial charge in [0.05, 0.1) is 5.56 Å². The van der Waals surface area contributed by atoms with Crippen LogP contribution in [0.5, 0.6) is 0 Å². The Balaban J connectivity index is 1.97. The lowest BCUT2D eigenvalue weighted by Gasteiger charge is -2.40. The smallest absolute Gasteiger partial charge is 0.254 e. The van der Waals surface area contributed by atoms with Crippen molar-refractivity contribution in [3.63, 3.8) is 0 Å². The minimum atomic E-state index is 0.0470. The summed E-state index contributed by atoms with van der Waals surface area (Å²) >= 11 is 1.55. The van der Waals surface area contributed by atoms with Gasteiger partial charge in [0.15, 0.2) is 0 Å². The highest BCUT2D eigenvalue weighted by molar-refractivity contribution is 7.08. The first-order valence-electron chi connectivity index (χ1n) is 6.13. The molecule has 1 saturated heterocycles. The third kappa shape index (κ3) is 2.53. The topological polar surface area (TPSA) is 40.5 Å². The molecule has 1 aliphatic heterocycles. The van der Waals surface area contributed by atoms with Crippen LogP contribution in [0.25, 0.3) is 0 Å². The van der Waals surface area contributed by atoms with Crippen LogP contribution in [0.3, 0.4) is 0 Å². The second-order valence-electron chi connectivity index (χ2n) is 4.82. The monoisotopic (exact) mass is 253 g/mol. The van der Waals surface area contributed by atoms with E-state index in [4.69, 9.17) is 0 Å². The van der Waals surface area contributed by atoms with Crippen LogP contribution in [-0.4, -0.2) is 35.6 Å². The van der Waals surface area contributed by atoms with Gasteiger partial charge in [-0.25, -0.2) is 0 Å². The van der Waals surface area contributed by atoms with Crippen molar-refractivity contribution in [2.45, 2.75) is 26.2 Å². The molecule has 0 radical (unpaired) electrons. The van der Waals surface area contributed by atoms with E-state index in [-0.39, 0.29) is 17.9 Å². The van der Waals surface area contributed by atoms with Crippen molar-refractivity contribution in [3.05, 3.63) is 22.4 Å². The summed E-state index contributed by atoms with van der Waals surface area (Å²) in [6.07, 6.45) is 2.82. The molecular weight excluding hydrogens is 234 g/mol. The predicted octanol–water partition coefficient (Wildman–Crippen LogP) is 2.37. The standard InChI is InChI=1S/C13H19NO2S/c1-2-13(10-15)4-6-14(7-5-13)12(16)11-3-8-17-9-11/h3,8-9,15H,2,4-7,10H2,1H3. The highest BCUT2D eigenvalue weighted by Gasteiger charge is 2.34. The first-order chi connectivity index (χ1) is 8.21. The van der Waals surface area contributed by atoms with Crippen molar-refractivity contribution in [1.29, 1.82) is 0 Å². The number of thiophene rings is 1. The van der Waals surface area contributed by atoms with Crippen LogP contribution < -0.4 is 0 Å². The van der Waals surface area contributed by atoms with Crippen molar-refractivity contribution >= 4 is 17.2 Å².